The lowest BCUT2D eigenvalue weighted by atomic mass is 9.87. The minimum Gasteiger partial charge on any atom is -0.382 e. The Hall–Kier alpha value is -1.71. The summed E-state index contributed by atoms with van der Waals surface area (Å²) >= 11 is 0. The monoisotopic (exact) mass is 273 g/mol. The first kappa shape index (κ1) is 13.3. The molecule has 1 aromatic carbocycles. The maximum Gasteiger partial charge on any atom is 0.321 e. The molecule has 1 heterocycles. The van der Waals surface area contributed by atoms with Gasteiger partial charge in [-0.15, -0.1) is 0 Å². The van der Waals surface area contributed by atoms with Crippen molar-refractivity contribution in [2.24, 2.45) is 5.41 Å². The van der Waals surface area contributed by atoms with E-state index in [9.17, 15) is 4.79 Å². The molecule has 1 aliphatic heterocycles. The van der Waals surface area contributed by atoms with E-state index in [0.29, 0.717) is 11.5 Å². The number of carbonyl (C=O) groups excluding carboxylic acids is 1. The van der Waals surface area contributed by atoms with Crippen LogP contribution >= 0.6 is 0 Å². The molecule has 2 aliphatic rings. The van der Waals surface area contributed by atoms with Gasteiger partial charge in [0, 0.05) is 30.5 Å². The van der Waals surface area contributed by atoms with Gasteiger partial charge in [-0.05, 0) is 36.5 Å². The molecule has 1 saturated carbocycles. The normalized spacial score (nSPS) is 24.8. The number of nitrogens with zero attached hydrogens (tertiary/aromatic N) is 1. The number of hydrogen-bond acceptors (Lipinski definition) is 2. The van der Waals surface area contributed by atoms with Crippen molar-refractivity contribution >= 4 is 17.4 Å². The van der Waals surface area contributed by atoms with Crippen LogP contribution in [-0.2, 0) is 0 Å². The first-order valence-electron chi connectivity index (χ1n) is 7.48. The summed E-state index contributed by atoms with van der Waals surface area (Å²) in [6.45, 7) is 6.13. The fourth-order valence-electron chi connectivity index (χ4n) is 3.28. The zero-order chi connectivity index (χ0) is 14.2. The van der Waals surface area contributed by atoms with Crippen molar-refractivity contribution in [1.29, 1.82) is 0 Å². The molecule has 1 aliphatic carbocycles. The van der Waals surface area contributed by atoms with Gasteiger partial charge in [-0.1, -0.05) is 26.3 Å². The minimum absolute atomic E-state index is 0.00310. The smallest absolute Gasteiger partial charge is 0.321 e. The van der Waals surface area contributed by atoms with Crippen LogP contribution in [0.25, 0.3) is 0 Å². The van der Waals surface area contributed by atoms with Crippen molar-refractivity contribution in [3.63, 3.8) is 0 Å². The molecule has 1 unspecified atom stereocenters. The average Bonchev–Trinajstić information content (AvgIpc) is 2.97. The summed E-state index contributed by atoms with van der Waals surface area (Å²) < 4.78 is 0. The van der Waals surface area contributed by atoms with Crippen LogP contribution in [0.1, 0.15) is 33.1 Å². The second-order valence-electron chi connectivity index (χ2n) is 6.51. The van der Waals surface area contributed by atoms with Crippen LogP contribution in [0.2, 0.25) is 0 Å². The van der Waals surface area contributed by atoms with E-state index in [1.165, 1.54) is 19.3 Å². The minimum atomic E-state index is 0.00310. The molecule has 1 aromatic rings. The number of nitrogens with one attached hydrogen (secondary N) is 2. The third kappa shape index (κ3) is 2.47. The van der Waals surface area contributed by atoms with Crippen LogP contribution in [0.3, 0.4) is 0 Å². The van der Waals surface area contributed by atoms with Crippen LogP contribution in [0.4, 0.5) is 16.2 Å². The van der Waals surface area contributed by atoms with Crippen LogP contribution in [0.15, 0.2) is 24.3 Å². The van der Waals surface area contributed by atoms with E-state index in [0.717, 1.165) is 24.5 Å². The number of anilines is 2. The molecule has 1 saturated heterocycles. The zero-order valence-corrected chi connectivity index (χ0v) is 12.3. The van der Waals surface area contributed by atoms with Gasteiger partial charge in [0.05, 0.1) is 0 Å². The summed E-state index contributed by atoms with van der Waals surface area (Å²) in [6.07, 6.45) is 3.79. The highest BCUT2D eigenvalue weighted by Gasteiger charge is 2.34. The van der Waals surface area contributed by atoms with Crippen LogP contribution in [-0.4, -0.2) is 25.2 Å². The zero-order valence-electron chi connectivity index (χ0n) is 12.3. The summed E-state index contributed by atoms with van der Waals surface area (Å²) in [5.41, 5.74) is 2.43. The van der Waals surface area contributed by atoms with Gasteiger partial charge >= 0.3 is 6.03 Å². The van der Waals surface area contributed by atoms with Crippen LogP contribution in [0, 0.1) is 5.41 Å². The largest absolute Gasteiger partial charge is 0.382 e. The molecule has 0 bridgehead atoms. The summed E-state index contributed by atoms with van der Waals surface area (Å²) in [5, 5.41) is 6.49. The fraction of sp³-hybridized carbons (Fsp3) is 0.562. The lowest BCUT2D eigenvalue weighted by molar-refractivity contribution is 0.252. The van der Waals surface area contributed by atoms with Crippen molar-refractivity contribution in [2.75, 3.05) is 23.3 Å². The lowest BCUT2D eigenvalue weighted by Gasteiger charge is -2.29. The molecule has 108 valence electrons. The molecular formula is C16H23N3O. The van der Waals surface area contributed by atoms with Crippen molar-refractivity contribution < 1.29 is 4.79 Å². The summed E-state index contributed by atoms with van der Waals surface area (Å²) in [4.78, 5) is 13.5. The maximum atomic E-state index is 11.7. The van der Waals surface area contributed by atoms with Gasteiger partial charge in [-0.3, -0.25) is 4.90 Å². The molecule has 2 N–H and O–H groups in total. The Bertz CT molecular complexity index is 512. The average molecular weight is 273 g/mol. The van der Waals surface area contributed by atoms with E-state index in [1.807, 2.05) is 12.1 Å². The van der Waals surface area contributed by atoms with Gasteiger partial charge in [0.15, 0.2) is 0 Å². The number of carbonyl (C=O) groups is 1. The Balaban J connectivity index is 1.76. The van der Waals surface area contributed by atoms with E-state index in [-0.39, 0.29) is 6.03 Å². The Labute approximate surface area is 120 Å². The van der Waals surface area contributed by atoms with Gasteiger partial charge in [-0.25, -0.2) is 4.79 Å². The molecular weight excluding hydrogens is 250 g/mol. The summed E-state index contributed by atoms with van der Waals surface area (Å²) in [6, 6.07) is 8.71. The predicted molar refractivity (Wildman–Crippen MR) is 82.2 cm³/mol. The standard InChI is InChI=1S/C16H23N3O/c1-16(2)8-4-7-14(16)18-12-5-3-6-13(11-12)19-10-9-17-15(19)20/h3,5-6,11,14,18H,4,7-10H2,1-2H3,(H,17,20). The Morgan fingerprint density at radius 2 is 2.25 bits per heavy atom. The first-order chi connectivity index (χ1) is 9.56. The molecule has 2 fully saturated rings. The number of rotatable bonds is 3. The molecule has 1 atom stereocenters. The molecule has 0 aromatic heterocycles. The third-order valence-corrected chi connectivity index (χ3v) is 4.61. The van der Waals surface area contributed by atoms with Gasteiger partial charge in [0.1, 0.15) is 0 Å². The molecule has 4 heteroatoms. The van der Waals surface area contributed by atoms with Crippen LogP contribution < -0.4 is 15.5 Å². The van der Waals surface area contributed by atoms with E-state index in [1.54, 1.807) is 4.90 Å². The van der Waals surface area contributed by atoms with Gasteiger partial charge in [0.25, 0.3) is 0 Å². The lowest BCUT2D eigenvalue weighted by Crippen LogP contribution is -2.31. The van der Waals surface area contributed by atoms with Crippen LogP contribution in [0.5, 0.6) is 0 Å². The Kier molecular flexibility index (Phi) is 3.32. The number of amides is 2. The molecule has 0 spiro atoms. The van der Waals surface area contributed by atoms with Crippen molar-refractivity contribution in [2.45, 2.75) is 39.2 Å². The third-order valence-electron chi connectivity index (χ3n) is 4.61. The Morgan fingerprint density at radius 1 is 1.40 bits per heavy atom. The second kappa shape index (κ2) is 5.00. The molecule has 4 nitrogen and oxygen atoms in total. The van der Waals surface area contributed by atoms with E-state index in [2.05, 4.69) is 36.6 Å². The molecule has 0 radical (unpaired) electrons. The topological polar surface area (TPSA) is 44.4 Å². The van der Waals surface area contributed by atoms with E-state index >= 15 is 0 Å². The predicted octanol–water partition coefficient (Wildman–Crippen LogP) is 3.21. The van der Waals surface area contributed by atoms with Crippen molar-refractivity contribution in [3.8, 4) is 0 Å². The fourth-order valence-corrected chi connectivity index (χ4v) is 3.28. The molecule has 3 rings (SSSR count). The highest BCUT2D eigenvalue weighted by atomic mass is 16.2. The highest BCUT2D eigenvalue weighted by molar-refractivity contribution is 5.94. The van der Waals surface area contributed by atoms with Crippen molar-refractivity contribution in [1.82, 2.24) is 5.32 Å². The molecule has 20 heavy (non-hydrogen) atoms. The number of hydrogen-bond donors (Lipinski definition) is 2. The maximum absolute atomic E-state index is 11.7. The molecule has 2 amide bonds. The van der Waals surface area contributed by atoms with Gasteiger partial charge in [0.2, 0.25) is 0 Å². The quantitative estimate of drug-likeness (QED) is 0.888. The van der Waals surface area contributed by atoms with E-state index in [4.69, 9.17) is 0 Å². The highest BCUT2D eigenvalue weighted by Crippen LogP contribution is 2.39. The van der Waals surface area contributed by atoms with Crippen molar-refractivity contribution in [3.05, 3.63) is 24.3 Å². The SMILES string of the molecule is CC1(C)CCCC1Nc1cccc(N2CCNC2=O)c1. The van der Waals surface area contributed by atoms with Gasteiger partial charge in [-0.2, -0.15) is 0 Å². The van der Waals surface area contributed by atoms with Gasteiger partial charge < -0.3 is 10.6 Å². The number of benzene rings is 1. The summed E-state index contributed by atoms with van der Waals surface area (Å²) in [5.74, 6) is 0. The Morgan fingerprint density at radius 3 is 2.90 bits per heavy atom. The van der Waals surface area contributed by atoms with E-state index < -0.39 is 0 Å². The summed E-state index contributed by atoms with van der Waals surface area (Å²) in [7, 11) is 0. The first-order valence-corrected chi connectivity index (χ1v) is 7.48. The second-order valence-corrected chi connectivity index (χ2v) is 6.51. The number of urea groups is 1.